The summed E-state index contributed by atoms with van der Waals surface area (Å²) in [5, 5.41) is 0. The summed E-state index contributed by atoms with van der Waals surface area (Å²) in [6.07, 6.45) is -3.36. The Labute approximate surface area is 143 Å². The monoisotopic (exact) mass is 366 g/mol. The first kappa shape index (κ1) is 17.6. The molecule has 0 aliphatic rings. The standard InChI is InChI=1S/C16H13F3N4O3/c1-21-13-12(14(25)22(2)15(21)26)23(8-20-13)7-11(24)9-4-3-5-10(6-9)16(17,18)19/h3-6,8H,7H2,1-2H3. The van der Waals surface area contributed by atoms with E-state index in [4.69, 9.17) is 0 Å². The van der Waals surface area contributed by atoms with Crippen LogP contribution < -0.4 is 11.2 Å². The van der Waals surface area contributed by atoms with Crippen LogP contribution >= 0.6 is 0 Å². The Balaban J connectivity index is 2.04. The lowest BCUT2D eigenvalue weighted by molar-refractivity contribution is -0.137. The number of fused-ring (bicyclic) bond motifs is 1. The minimum atomic E-state index is -4.56. The van der Waals surface area contributed by atoms with E-state index in [2.05, 4.69) is 4.98 Å². The number of carbonyl (C=O) groups excluding carboxylic acids is 1. The number of Topliss-reactive ketones (excluding diaryl/α,β-unsaturated/α-hetero) is 1. The first-order valence-electron chi connectivity index (χ1n) is 7.42. The Kier molecular flexibility index (Phi) is 4.05. The Morgan fingerprint density at radius 2 is 1.85 bits per heavy atom. The fraction of sp³-hybridized carbons (Fsp3) is 0.250. The van der Waals surface area contributed by atoms with Crippen molar-refractivity contribution in [2.45, 2.75) is 12.7 Å². The SMILES string of the molecule is Cn1c(=O)c2c(ncn2CC(=O)c2cccc(C(F)(F)F)c2)n(C)c1=O. The molecule has 0 N–H and O–H groups in total. The van der Waals surface area contributed by atoms with Gasteiger partial charge in [0.2, 0.25) is 0 Å². The number of imidazole rings is 1. The van der Waals surface area contributed by atoms with Crippen LogP contribution in [0.5, 0.6) is 0 Å². The maximum Gasteiger partial charge on any atom is 0.416 e. The number of halogens is 3. The largest absolute Gasteiger partial charge is 0.416 e. The van der Waals surface area contributed by atoms with Crippen molar-refractivity contribution in [3.8, 4) is 0 Å². The van der Waals surface area contributed by atoms with E-state index < -0.39 is 28.8 Å². The van der Waals surface area contributed by atoms with E-state index in [0.29, 0.717) is 0 Å². The molecule has 2 heterocycles. The van der Waals surface area contributed by atoms with E-state index in [1.807, 2.05) is 0 Å². The van der Waals surface area contributed by atoms with Gasteiger partial charge in [-0.25, -0.2) is 9.78 Å². The summed E-state index contributed by atoms with van der Waals surface area (Å²) in [7, 11) is 2.71. The van der Waals surface area contributed by atoms with E-state index in [-0.39, 0.29) is 23.3 Å². The Hall–Kier alpha value is -3.17. The zero-order valence-electron chi connectivity index (χ0n) is 13.7. The highest BCUT2D eigenvalue weighted by molar-refractivity contribution is 5.96. The van der Waals surface area contributed by atoms with Gasteiger partial charge in [0.25, 0.3) is 5.56 Å². The summed E-state index contributed by atoms with van der Waals surface area (Å²) in [5.74, 6) is -0.619. The molecule has 2 aromatic heterocycles. The van der Waals surface area contributed by atoms with Gasteiger partial charge in [0.05, 0.1) is 18.4 Å². The van der Waals surface area contributed by atoms with Crippen LogP contribution in [-0.2, 0) is 26.8 Å². The van der Waals surface area contributed by atoms with E-state index >= 15 is 0 Å². The predicted octanol–water partition coefficient (Wildman–Crippen LogP) is 1.34. The normalized spacial score (nSPS) is 11.9. The average molecular weight is 366 g/mol. The number of aryl methyl sites for hydroxylation is 1. The van der Waals surface area contributed by atoms with Gasteiger partial charge in [-0.1, -0.05) is 12.1 Å². The van der Waals surface area contributed by atoms with Gasteiger partial charge in [0.1, 0.15) is 0 Å². The third-order valence-corrected chi connectivity index (χ3v) is 4.04. The van der Waals surface area contributed by atoms with Crippen LogP contribution in [0.3, 0.4) is 0 Å². The molecule has 136 valence electrons. The quantitative estimate of drug-likeness (QED) is 0.656. The van der Waals surface area contributed by atoms with E-state index in [1.54, 1.807) is 0 Å². The van der Waals surface area contributed by atoms with Gasteiger partial charge in [0, 0.05) is 19.7 Å². The van der Waals surface area contributed by atoms with Gasteiger partial charge in [-0.3, -0.25) is 18.7 Å². The topological polar surface area (TPSA) is 78.9 Å². The second-order valence-corrected chi connectivity index (χ2v) is 5.75. The van der Waals surface area contributed by atoms with Crippen LogP contribution in [0.2, 0.25) is 0 Å². The van der Waals surface area contributed by atoms with Gasteiger partial charge >= 0.3 is 11.9 Å². The summed E-state index contributed by atoms with van der Waals surface area (Å²) >= 11 is 0. The van der Waals surface area contributed by atoms with Gasteiger partial charge in [-0.2, -0.15) is 13.2 Å². The lowest BCUT2D eigenvalue weighted by atomic mass is 10.1. The maximum absolute atomic E-state index is 12.8. The summed E-state index contributed by atoms with van der Waals surface area (Å²) in [5.41, 5.74) is -2.17. The Bertz CT molecular complexity index is 1140. The molecule has 0 aliphatic heterocycles. The third kappa shape index (κ3) is 2.83. The van der Waals surface area contributed by atoms with Crippen molar-refractivity contribution in [1.82, 2.24) is 18.7 Å². The third-order valence-electron chi connectivity index (χ3n) is 4.04. The minimum Gasteiger partial charge on any atom is -0.317 e. The molecule has 0 bridgehead atoms. The maximum atomic E-state index is 12.8. The average Bonchev–Trinajstić information content (AvgIpc) is 3.01. The molecule has 0 fully saturated rings. The summed E-state index contributed by atoms with van der Waals surface area (Å²) in [6, 6.07) is 4.04. The number of nitrogens with zero attached hydrogens (tertiary/aromatic N) is 4. The molecule has 0 saturated carbocycles. The highest BCUT2D eigenvalue weighted by atomic mass is 19.4. The molecule has 0 amide bonds. The number of benzene rings is 1. The van der Waals surface area contributed by atoms with E-state index in [0.717, 1.165) is 27.3 Å². The van der Waals surface area contributed by atoms with Crippen molar-refractivity contribution >= 4 is 16.9 Å². The zero-order valence-corrected chi connectivity index (χ0v) is 13.7. The van der Waals surface area contributed by atoms with Crippen LogP contribution in [0.25, 0.3) is 11.2 Å². The number of hydrogen-bond acceptors (Lipinski definition) is 4. The zero-order chi connectivity index (χ0) is 19.2. The molecule has 0 saturated heterocycles. The second kappa shape index (κ2) is 5.97. The van der Waals surface area contributed by atoms with Gasteiger partial charge in [0.15, 0.2) is 16.9 Å². The fourth-order valence-corrected chi connectivity index (χ4v) is 2.63. The number of hydrogen-bond donors (Lipinski definition) is 0. The molecule has 3 rings (SSSR count). The molecule has 1 aromatic carbocycles. The number of carbonyl (C=O) groups is 1. The molecular formula is C16H13F3N4O3. The number of ketones is 1. The Morgan fingerprint density at radius 3 is 2.50 bits per heavy atom. The van der Waals surface area contributed by atoms with E-state index in [1.165, 1.54) is 31.1 Å². The number of aromatic nitrogens is 4. The predicted molar refractivity (Wildman–Crippen MR) is 86.0 cm³/mol. The molecule has 0 radical (unpaired) electrons. The second-order valence-electron chi connectivity index (χ2n) is 5.75. The van der Waals surface area contributed by atoms with Gasteiger partial charge < -0.3 is 4.57 Å². The van der Waals surface area contributed by atoms with Crippen molar-refractivity contribution in [2.24, 2.45) is 14.1 Å². The smallest absolute Gasteiger partial charge is 0.317 e. The first-order valence-corrected chi connectivity index (χ1v) is 7.42. The van der Waals surface area contributed by atoms with Crippen LogP contribution in [0.4, 0.5) is 13.2 Å². The summed E-state index contributed by atoms with van der Waals surface area (Å²) < 4.78 is 41.6. The lowest BCUT2D eigenvalue weighted by Gasteiger charge is -2.09. The highest BCUT2D eigenvalue weighted by Gasteiger charge is 2.31. The minimum absolute atomic E-state index is 0.0231. The molecule has 0 aliphatic carbocycles. The van der Waals surface area contributed by atoms with Crippen molar-refractivity contribution in [3.63, 3.8) is 0 Å². The summed E-state index contributed by atoms with van der Waals surface area (Å²) in [6.45, 7) is -0.384. The van der Waals surface area contributed by atoms with Gasteiger partial charge in [-0.15, -0.1) is 0 Å². The first-order chi connectivity index (χ1) is 12.1. The molecule has 0 atom stereocenters. The van der Waals surface area contributed by atoms with Crippen molar-refractivity contribution in [3.05, 3.63) is 62.6 Å². The fourth-order valence-electron chi connectivity index (χ4n) is 2.63. The molecule has 26 heavy (non-hydrogen) atoms. The Morgan fingerprint density at radius 1 is 1.15 bits per heavy atom. The van der Waals surface area contributed by atoms with Crippen molar-refractivity contribution in [2.75, 3.05) is 0 Å². The number of alkyl halides is 3. The molecule has 0 spiro atoms. The molecule has 3 aromatic rings. The van der Waals surface area contributed by atoms with Crippen molar-refractivity contribution in [1.29, 1.82) is 0 Å². The summed E-state index contributed by atoms with van der Waals surface area (Å²) in [4.78, 5) is 40.6. The molecular weight excluding hydrogens is 353 g/mol. The van der Waals surface area contributed by atoms with Crippen LogP contribution in [0.15, 0.2) is 40.2 Å². The highest BCUT2D eigenvalue weighted by Crippen LogP contribution is 2.29. The van der Waals surface area contributed by atoms with Crippen molar-refractivity contribution < 1.29 is 18.0 Å². The van der Waals surface area contributed by atoms with Crippen LogP contribution in [0.1, 0.15) is 15.9 Å². The molecule has 0 unspecified atom stereocenters. The number of rotatable bonds is 3. The molecule has 7 nitrogen and oxygen atoms in total. The molecule has 10 heteroatoms. The lowest BCUT2D eigenvalue weighted by Crippen LogP contribution is -2.37. The van der Waals surface area contributed by atoms with Crippen LogP contribution in [0, 0.1) is 0 Å². The van der Waals surface area contributed by atoms with Gasteiger partial charge in [-0.05, 0) is 12.1 Å². The van der Waals surface area contributed by atoms with Crippen LogP contribution in [-0.4, -0.2) is 24.5 Å². The van der Waals surface area contributed by atoms with E-state index in [9.17, 15) is 27.6 Å².